The predicted molar refractivity (Wildman–Crippen MR) is 233 cm³/mol. The molecule has 11 aromatic carbocycles. The van der Waals surface area contributed by atoms with Gasteiger partial charge in [0, 0.05) is 0 Å². The SMILES string of the molecule is c1cc(-c2cccc3ccccc23)cc(-c2c3ccccc3c(-c3ccc4cc(-c5ccc6ccc7ccccc7c6c5)ccc4c3)c3ccccc23)c1. The number of benzene rings is 11. The van der Waals surface area contributed by atoms with Crippen LogP contribution in [-0.2, 0) is 0 Å². The van der Waals surface area contributed by atoms with Crippen molar-refractivity contribution in [3.63, 3.8) is 0 Å². The summed E-state index contributed by atoms with van der Waals surface area (Å²) in [5.74, 6) is 0. The highest BCUT2D eigenvalue weighted by Crippen LogP contribution is 2.45. The molecule has 0 aliphatic rings. The summed E-state index contributed by atoms with van der Waals surface area (Å²) in [6.07, 6.45) is 0. The average molecular weight is 683 g/mol. The van der Waals surface area contributed by atoms with Gasteiger partial charge < -0.3 is 0 Å². The summed E-state index contributed by atoms with van der Waals surface area (Å²) in [5, 5.41) is 15.2. The maximum atomic E-state index is 2.38. The minimum atomic E-state index is 1.23. The Morgan fingerprint density at radius 3 is 1.26 bits per heavy atom. The lowest BCUT2D eigenvalue weighted by Gasteiger charge is -2.18. The lowest BCUT2D eigenvalue weighted by molar-refractivity contribution is 1.63. The molecule has 0 spiro atoms. The normalized spacial score (nSPS) is 11.7. The van der Waals surface area contributed by atoms with Gasteiger partial charge in [0.15, 0.2) is 0 Å². The van der Waals surface area contributed by atoms with Gasteiger partial charge in [0.05, 0.1) is 0 Å². The van der Waals surface area contributed by atoms with Gasteiger partial charge in [-0.05, 0) is 133 Å². The number of hydrogen-bond donors (Lipinski definition) is 0. The molecule has 0 heterocycles. The smallest absolute Gasteiger partial charge is 0.00262 e. The molecule has 0 aromatic heterocycles. The first-order valence-electron chi connectivity index (χ1n) is 18.7. The summed E-state index contributed by atoms with van der Waals surface area (Å²) in [7, 11) is 0. The molecule has 0 aliphatic heterocycles. The molecule has 11 rings (SSSR count). The second-order valence-corrected chi connectivity index (χ2v) is 14.4. The van der Waals surface area contributed by atoms with Gasteiger partial charge in [0.1, 0.15) is 0 Å². The Morgan fingerprint density at radius 2 is 0.593 bits per heavy atom. The van der Waals surface area contributed by atoms with Crippen LogP contribution in [0.5, 0.6) is 0 Å². The van der Waals surface area contributed by atoms with E-state index in [1.54, 1.807) is 0 Å². The highest BCUT2D eigenvalue weighted by atomic mass is 14.2. The fraction of sp³-hybridized carbons (Fsp3) is 0. The highest BCUT2D eigenvalue weighted by molar-refractivity contribution is 6.22. The lowest BCUT2D eigenvalue weighted by Crippen LogP contribution is -1.91. The molecule has 0 nitrogen and oxygen atoms in total. The van der Waals surface area contributed by atoms with Crippen molar-refractivity contribution in [2.24, 2.45) is 0 Å². The van der Waals surface area contributed by atoms with Crippen molar-refractivity contribution >= 4 is 64.6 Å². The molecule has 0 saturated heterocycles. The van der Waals surface area contributed by atoms with Crippen molar-refractivity contribution < 1.29 is 0 Å². The molecule has 0 bridgehead atoms. The summed E-state index contributed by atoms with van der Waals surface area (Å²) in [5.41, 5.74) is 9.98. The van der Waals surface area contributed by atoms with Crippen LogP contribution < -0.4 is 0 Å². The summed E-state index contributed by atoms with van der Waals surface area (Å²) in [6.45, 7) is 0. The first kappa shape index (κ1) is 30.6. The zero-order chi connectivity index (χ0) is 35.6. The molecule has 0 heteroatoms. The number of rotatable bonds is 4. The first-order valence-corrected chi connectivity index (χ1v) is 18.7. The lowest BCUT2D eigenvalue weighted by atomic mass is 9.85. The quantitative estimate of drug-likeness (QED) is 0.128. The molecule has 0 amide bonds. The Kier molecular flexibility index (Phi) is 6.97. The molecule has 0 unspecified atom stereocenters. The Hall–Kier alpha value is -7.02. The molecule has 11 aromatic rings. The third-order valence-electron chi connectivity index (χ3n) is 11.4. The van der Waals surface area contributed by atoms with Crippen LogP contribution in [-0.4, -0.2) is 0 Å². The van der Waals surface area contributed by atoms with Gasteiger partial charge in [-0.2, -0.15) is 0 Å². The Labute approximate surface area is 314 Å². The van der Waals surface area contributed by atoms with Gasteiger partial charge in [-0.25, -0.2) is 0 Å². The van der Waals surface area contributed by atoms with Crippen molar-refractivity contribution in [2.75, 3.05) is 0 Å². The van der Waals surface area contributed by atoms with E-state index in [2.05, 4.69) is 206 Å². The van der Waals surface area contributed by atoms with Crippen LogP contribution in [0.4, 0.5) is 0 Å². The largest absolute Gasteiger partial charge is 0.0616 e. The van der Waals surface area contributed by atoms with Gasteiger partial charge >= 0.3 is 0 Å². The molecule has 0 fully saturated rings. The second kappa shape index (κ2) is 12.3. The number of hydrogen-bond acceptors (Lipinski definition) is 0. The Bertz CT molecular complexity index is 3210. The third-order valence-corrected chi connectivity index (χ3v) is 11.4. The maximum Gasteiger partial charge on any atom is -0.00262 e. The fourth-order valence-electron chi connectivity index (χ4n) is 8.83. The van der Waals surface area contributed by atoms with Crippen LogP contribution in [0.1, 0.15) is 0 Å². The van der Waals surface area contributed by atoms with E-state index >= 15 is 0 Å². The van der Waals surface area contributed by atoms with Crippen LogP contribution >= 0.6 is 0 Å². The van der Waals surface area contributed by atoms with Crippen LogP contribution in [0.2, 0.25) is 0 Å². The van der Waals surface area contributed by atoms with Crippen molar-refractivity contribution in [1.29, 1.82) is 0 Å². The summed E-state index contributed by atoms with van der Waals surface area (Å²) in [4.78, 5) is 0. The van der Waals surface area contributed by atoms with Crippen LogP contribution in [0.3, 0.4) is 0 Å². The summed E-state index contributed by atoms with van der Waals surface area (Å²) >= 11 is 0. The van der Waals surface area contributed by atoms with E-state index in [1.165, 1.54) is 109 Å². The van der Waals surface area contributed by atoms with Gasteiger partial charge in [0.2, 0.25) is 0 Å². The van der Waals surface area contributed by atoms with E-state index in [-0.39, 0.29) is 0 Å². The maximum absolute atomic E-state index is 2.38. The third kappa shape index (κ3) is 4.92. The van der Waals surface area contributed by atoms with E-state index in [0.717, 1.165) is 0 Å². The topological polar surface area (TPSA) is 0 Å². The molecule has 0 N–H and O–H groups in total. The summed E-state index contributed by atoms with van der Waals surface area (Å²) in [6, 6.07) is 76.2. The van der Waals surface area contributed by atoms with Crippen molar-refractivity contribution in [3.8, 4) is 44.5 Å². The minimum absolute atomic E-state index is 1.23. The van der Waals surface area contributed by atoms with Crippen molar-refractivity contribution in [2.45, 2.75) is 0 Å². The zero-order valence-corrected chi connectivity index (χ0v) is 29.6. The van der Waals surface area contributed by atoms with E-state index < -0.39 is 0 Å². The van der Waals surface area contributed by atoms with Gasteiger partial charge in [-0.15, -0.1) is 0 Å². The van der Waals surface area contributed by atoms with Gasteiger partial charge in [0.25, 0.3) is 0 Å². The zero-order valence-electron chi connectivity index (χ0n) is 29.6. The van der Waals surface area contributed by atoms with E-state index in [1.807, 2.05) is 0 Å². The molecular weight excluding hydrogens is 649 g/mol. The van der Waals surface area contributed by atoms with Crippen LogP contribution in [0, 0.1) is 0 Å². The molecule has 0 radical (unpaired) electrons. The average Bonchev–Trinajstić information content (AvgIpc) is 3.24. The van der Waals surface area contributed by atoms with Crippen molar-refractivity contribution in [3.05, 3.63) is 206 Å². The monoisotopic (exact) mass is 682 g/mol. The molecule has 250 valence electrons. The highest BCUT2D eigenvalue weighted by Gasteiger charge is 2.18. The fourth-order valence-corrected chi connectivity index (χ4v) is 8.83. The Morgan fingerprint density at radius 1 is 0.185 bits per heavy atom. The summed E-state index contributed by atoms with van der Waals surface area (Å²) < 4.78 is 0. The standard InChI is InChI=1S/C54H34/c1-3-16-45-35(11-1)13-10-22-47(45)42-14-9-15-43(33-42)53-48-18-5-7-20-50(48)54(51-21-8-6-19-49(51)53)44-30-29-38-31-39(27-28-40(38)32-44)41-26-25-37-24-23-36-12-2-4-17-46(36)52(37)34-41/h1-34H. The molecule has 0 saturated carbocycles. The molecule has 0 atom stereocenters. The van der Waals surface area contributed by atoms with Crippen LogP contribution in [0.15, 0.2) is 206 Å². The second-order valence-electron chi connectivity index (χ2n) is 14.4. The molecular formula is C54H34. The van der Waals surface area contributed by atoms with Crippen molar-refractivity contribution in [1.82, 2.24) is 0 Å². The predicted octanol–water partition coefficient (Wildman–Crippen LogP) is 15.3. The number of fused-ring (bicyclic) bond motifs is 7. The minimum Gasteiger partial charge on any atom is -0.0616 e. The molecule has 54 heavy (non-hydrogen) atoms. The van der Waals surface area contributed by atoms with Gasteiger partial charge in [-0.3, -0.25) is 0 Å². The Balaban J connectivity index is 1.05. The van der Waals surface area contributed by atoms with E-state index in [9.17, 15) is 0 Å². The van der Waals surface area contributed by atoms with Gasteiger partial charge in [-0.1, -0.05) is 182 Å². The van der Waals surface area contributed by atoms with E-state index in [4.69, 9.17) is 0 Å². The first-order chi connectivity index (χ1) is 26.8. The molecule has 0 aliphatic carbocycles. The van der Waals surface area contributed by atoms with E-state index in [0.29, 0.717) is 0 Å². The van der Waals surface area contributed by atoms with Crippen LogP contribution in [0.25, 0.3) is 109 Å².